The Morgan fingerprint density at radius 2 is 1.96 bits per heavy atom. The second-order valence-corrected chi connectivity index (χ2v) is 8.17. The van der Waals surface area contributed by atoms with E-state index in [2.05, 4.69) is 10.0 Å². The standard InChI is InChI=1S/C17H25N3O4S.ClH/c21-17(20-10-2-8-18-9-11-20)14-4-6-16(7-5-14)25(22,23)19-13-15-3-1-12-24-15;/h4-7,15,18-19H,1-3,8-13H2;1H. The molecule has 0 aliphatic carbocycles. The van der Waals surface area contributed by atoms with Crippen molar-refractivity contribution in [2.24, 2.45) is 0 Å². The monoisotopic (exact) mass is 403 g/mol. The van der Waals surface area contributed by atoms with Crippen LogP contribution < -0.4 is 10.0 Å². The summed E-state index contributed by atoms with van der Waals surface area (Å²) in [5.41, 5.74) is 0.514. The number of hydrogen-bond donors (Lipinski definition) is 2. The summed E-state index contributed by atoms with van der Waals surface area (Å²) in [6, 6.07) is 6.14. The predicted molar refractivity (Wildman–Crippen MR) is 101 cm³/mol. The lowest BCUT2D eigenvalue weighted by atomic mass is 10.2. The normalized spacial score (nSPS) is 21.1. The topological polar surface area (TPSA) is 87.7 Å². The molecule has 0 saturated carbocycles. The van der Waals surface area contributed by atoms with Crippen LogP contribution >= 0.6 is 12.4 Å². The highest BCUT2D eigenvalue weighted by molar-refractivity contribution is 7.89. The van der Waals surface area contributed by atoms with Crippen molar-refractivity contribution >= 4 is 28.3 Å². The first-order valence-corrected chi connectivity index (χ1v) is 10.3. The molecule has 2 aliphatic rings. The van der Waals surface area contributed by atoms with E-state index in [1.54, 1.807) is 17.0 Å². The van der Waals surface area contributed by atoms with Gasteiger partial charge < -0.3 is 15.0 Å². The lowest BCUT2D eigenvalue weighted by Gasteiger charge is -2.20. The van der Waals surface area contributed by atoms with Crippen LogP contribution in [0.25, 0.3) is 0 Å². The number of halogens is 1. The Morgan fingerprint density at radius 1 is 1.19 bits per heavy atom. The summed E-state index contributed by atoms with van der Waals surface area (Å²) in [7, 11) is -3.59. The molecule has 1 atom stereocenters. The zero-order valence-electron chi connectivity index (χ0n) is 14.6. The van der Waals surface area contributed by atoms with Crippen LogP contribution in [-0.2, 0) is 14.8 Å². The largest absolute Gasteiger partial charge is 0.377 e. The number of amides is 1. The molecule has 1 amide bonds. The highest BCUT2D eigenvalue weighted by Gasteiger charge is 2.21. The van der Waals surface area contributed by atoms with Crippen molar-refractivity contribution in [2.45, 2.75) is 30.3 Å². The number of rotatable bonds is 5. The number of nitrogens with zero attached hydrogens (tertiary/aromatic N) is 1. The van der Waals surface area contributed by atoms with Gasteiger partial charge in [-0.15, -0.1) is 12.4 Å². The minimum atomic E-state index is -3.59. The lowest BCUT2D eigenvalue weighted by Crippen LogP contribution is -2.34. The number of nitrogens with one attached hydrogen (secondary N) is 2. The third kappa shape index (κ3) is 5.40. The Hall–Kier alpha value is -1.19. The van der Waals surface area contributed by atoms with E-state index in [0.29, 0.717) is 18.7 Å². The zero-order chi connectivity index (χ0) is 17.7. The van der Waals surface area contributed by atoms with Crippen molar-refractivity contribution < 1.29 is 17.9 Å². The smallest absolute Gasteiger partial charge is 0.253 e. The quantitative estimate of drug-likeness (QED) is 0.765. The van der Waals surface area contributed by atoms with Gasteiger partial charge in [0.25, 0.3) is 5.91 Å². The van der Waals surface area contributed by atoms with Crippen molar-refractivity contribution in [3.63, 3.8) is 0 Å². The van der Waals surface area contributed by atoms with E-state index in [4.69, 9.17) is 4.74 Å². The second-order valence-electron chi connectivity index (χ2n) is 6.41. The van der Waals surface area contributed by atoms with Crippen LogP contribution in [0.1, 0.15) is 29.6 Å². The molecule has 2 fully saturated rings. The molecule has 26 heavy (non-hydrogen) atoms. The van der Waals surface area contributed by atoms with Crippen molar-refractivity contribution in [2.75, 3.05) is 39.3 Å². The first-order valence-electron chi connectivity index (χ1n) is 8.77. The van der Waals surface area contributed by atoms with Crippen molar-refractivity contribution in [3.05, 3.63) is 29.8 Å². The average Bonchev–Trinajstić information content (AvgIpc) is 3.00. The molecule has 7 nitrogen and oxygen atoms in total. The van der Waals surface area contributed by atoms with Crippen LogP contribution in [0.3, 0.4) is 0 Å². The van der Waals surface area contributed by atoms with Gasteiger partial charge in [0.15, 0.2) is 0 Å². The summed E-state index contributed by atoms with van der Waals surface area (Å²) in [5.74, 6) is -0.0556. The molecule has 146 valence electrons. The Labute approximate surface area is 160 Å². The zero-order valence-corrected chi connectivity index (χ0v) is 16.3. The third-order valence-electron chi connectivity index (χ3n) is 4.56. The first-order chi connectivity index (χ1) is 12.1. The lowest BCUT2D eigenvalue weighted by molar-refractivity contribution is 0.0766. The van der Waals surface area contributed by atoms with Gasteiger partial charge in [0.2, 0.25) is 10.0 Å². The van der Waals surface area contributed by atoms with E-state index < -0.39 is 10.0 Å². The Kier molecular flexibility index (Phi) is 7.85. The number of carbonyl (C=O) groups is 1. The van der Waals surface area contributed by atoms with Crippen LogP contribution in [0.2, 0.25) is 0 Å². The number of sulfonamides is 1. The van der Waals surface area contributed by atoms with Crippen LogP contribution in [-0.4, -0.2) is 64.7 Å². The van der Waals surface area contributed by atoms with E-state index >= 15 is 0 Å². The maximum atomic E-state index is 12.5. The number of ether oxygens (including phenoxy) is 1. The number of benzene rings is 1. The maximum absolute atomic E-state index is 12.5. The van der Waals surface area contributed by atoms with Gasteiger partial charge in [-0.1, -0.05) is 0 Å². The minimum absolute atomic E-state index is 0. The van der Waals surface area contributed by atoms with Crippen LogP contribution in [0.15, 0.2) is 29.2 Å². The maximum Gasteiger partial charge on any atom is 0.253 e. The molecule has 0 radical (unpaired) electrons. The molecule has 1 aromatic carbocycles. The van der Waals surface area contributed by atoms with Crippen molar-refractivity contribution in [3.8, 4) is 0 Å². The molecule has 9 heteroatoms. The molecule has 2 N–H and O–H groups in total. The van der Waals surface area contributed by atoms with Crippen molar-refractivity contribution in [1.82, 2.24) is 14.9 Å². The van der Waals surface area contributed by atoms with Gasteiger partial charge in [-0.2, -0.15) is 0 Å². The van der Waals surface area contributed by atoms with Gasteiger partial charge in [0.05, 0.1) is 11.0 Å². The van der Waals surface area contributed by atoms with E-state index in [9.17, 15) is 13.2 Å². The molecule has 2 heterocycles. The summed E-state index contributed by atoms with van der Waals surface area (Å²) in [5, 5.41) is 3.26. The molecule has 2 aliphatic heterocycles. The summed E-state index contributed by atoms with van der Waals surface area (Å²) < 4.78 is 32.7. The van der Waals surface area contributed by atoms with Gasteiger partial charge in [0, 0.05) is 38.3 Å². The van der Waals surface area contributed by atoms with E-state index in [1.165, 1.54) is 12.1 Å². The summed E-state index contributed by atoms with van der Waals surface area (Å²) in [6.07, 6.45) is 2.72. The SMILES string of the molecule is Cl.O=C(c1ccc(S(=O)(=O)NCC2CCCO2)cc1)N1CCCNCC1. The average molecular weight is 404 g/mol. The number of carbonyl (C=O) groups excluding carboxylic acids is 1. The van der Waals surface area contributed by atoms with E-state index in [-0.39, 0.29) is 35.9 Å². The summed E-state index contributed by atoms with van der Waals surface area (Å²) in [4.78, 5) is 14.5. The van der Waals surface area contributed by atoms with E-state index in [0.717, 1.165) is 38.9 Å². The Balaban J connectivity index is 0.00000243. The van der Waals surface area contributed by atoms with Gasteiger partial charge >= 0.3 is 0 Å². The molecule has 0 bridgehead atoms. The summed E-state index contributed by atoms with van der Waals surface area (Å²) >= 11 is 0. The molecular weight excluding hydrogens is 378 g/mol. The molecule has 0 spiro atoms. The molecule has 3 rings (SSSR count). The third-order valence-corrected chi connectivity index (χ3v) is 6.00. The Bertz CT molecular complexity index is 682. The van der Waals surface area contributed by atoms with Crippen molar-refractivity contribution in [1.29, 1.82) is 0 Å². The van der Waals surface area contributed by atoms with Crippen LogP contribution in [0, 0.1) is 0 Å². The highest BCUT2D eigenvalue weighted by Crippen LogP contribution is 2.15. The van der Waals surface area contributed by atoms with Gasteiger partial charge in [-0.05, 0) is 50.1 Å². The minimum Gasteiger partial charge on any atom is -0.377 e. The van der Waals surface area contributed by atoms with Gasteiger partial charge in [-0.3, -0.25) is 4.79 Å². The molecule has 2 saturated heterocycles. The fraction of sp³-hybridized carbons (Fsp3) is 0.588. The predicted octanol–water partition coefficient (Wildman–Crippen LogP) is 1.00. The fourth-order valence-corrected chi connectivity index (χ4v) is 4.17. The van der Waals surface area contributed by atoms with Gasteiger partial charge in [-0.25, -0.2) is 13.1 Å². The van der Waals surface area contributed by atoms with Crippen LogP contribution in [0.4, 0.5) is 0 Å². The highest BCUT2D eigenvalue weighted by atomic mass is 35.5. The Morgan fingerprint density at radius 3 is 2.65 bits per heavy atom. The first kappa shape index (κ1) is 21.1. The van der Waals surface area contributed by atoms with Gasteiger partial charge in [0.1, 0.15) is 0 Å². The van der Waals surface area contributed by atoms with Crippen LogP contribution in [0.5, 0.6) is 0 Å². The molecule has 1 aromatic rings. The second kappa shape index (κ2) is 9.66. The number of hydrogen-bond acceptors (Lipinski definition) is 5. The molecular formula is C17H26ClN3O4S. The fourth-order valence-electron chi connectivity index (χ4n) is 3.10. The summed E-state index contributed by atoms with van der Waals surface area (Å²) in [6.45, 7) is 4.05. The van der Waals surface area contributed by atoms with E-state index in [1.807, 2.05) is 0 Å². The molecule has 0 aromatic heterocycles. The molecule has 1 unspecified atom stereocenters.